The highest BCUT2D eigenvalue weighted by molar-refractivity contribution is 9.10. The van der Waals surface area contributed by atoms with Gasteiger partial charge in [0, 0.05) is 10.5 Å². The Morgan fingerprint density at radius 3 is 2.70 bits per heavy atom. The van der Waals surface area contributed by atoms with Gasteiger partial charge in [0.2, 0.25) is 0 Å². The highest BCUT2D eigenvalue weighted by Crippen LogP contribution is 2.18. The lowest BCUT2D eigenvalue weighted by Crippen LogP contribution is -2.32. The first kappa shape index (κ1) is 14.6. The van der Waals surface area contributed by atoms with Crippen molar-refractivity contribution in [2.24, 2.45) is 0 Å². The molecule has 2 aromatic rings. The lowest BCUT2D eigenvalue weighted by Gasteiger charge is -2.16. The van der Waals surface area contributed by atoms with Crippen LogP contribution in [0.25, 0.3) is 0 Å². The predicted molar refractivity (Wildman–Crippen MR) is 78.7 cm³/mol. The van der Waals surface area contributed by atoms with Crippen molar-refractivity contribution in [3.05, 3.63) is 40.6 Å². The summed E-state index contributed by atoms with van der Waals surface area (Å²) in [4.78, 5) is 12.1. The number of anilines is 1. The van der Waals surface area contributed by atoms with E-state index >= 15 is 0 Å². The fraction of sp³-hybridized carbons (Fsp3) is 0.286. The standard InChI is InChI=1S/C14H15BrN2O3/c1-3-12(19-11-6-4-10(15)5-7-11)14(18)16-13-8-9(2)20-17-13/h4-8,12H,3H2,1-2H3,(H,16,17,18)/t12-/m1/s1. The van der Waals surface area contributed by atoms with Crippen LogP contribution >= 0.6 is 15.9 Å². The molecule has 1 heterocycles. The van der Waals surface area contributed by atoms with Crippen LogP contribution in [0.4, 0.5) is 5.82 Å². The molecule has 0 aliphatic rings. The van der Waals surface area contributed by atoms with Crippen LogP contribution in [0.15, 0.2) is 39.3 Å². The van der Waals surface area contributed by atoms with E-state index in [1.165, 1.54) is 0 Å². The minimum atomic E-state index is -0.576. The summed E-state index contributed by atoms with van der Waals surface area (Å²) in [5, 5.41) is 6.39. The summed E-state index contributed by atoms with van der Waals surface area (Å²) in [6.07, 6.45) is -0.0215. The van der Waals surface area contributed by atoms with Crippen LogP contribution in [0.5, 0.6) is 5.75 Å². The van der Waals surface area contributed by atoms with Gasteiger partial charge < -0.3 is 14.6 Å². The summed E-state index contributed by atoms with van der Waals surface area (Å²) in [5.41, 5.74) is 0. The van der Waals surface area contributed by atoms with Crippen molar-refractivity contribution in [2.45, 2.75) is 26.4 Å². The van der Waals surface area contributed by atoms with E-state index in [0.717, 1.165) is 4.47 Å². The van der Waals surface area contributed by atoms with Gasteiger partial charge in [-0.3, -0.25) is 4.79 Å². The van der Waals surface area contributed by atoms with Gasteiger partial charge in [-0.15, -0.1) is 0 Å². The highest BCUT2D eigenvalue weighted by Gasteiger charge is 2.19. The van der Waals surface area contributed by atoms with Gasteiger partial charge >= 0.3 is 0 Å². The van der Waals surface area contributed by atoms with E-state index in [-0.39, 0.29) is 5.91 Å². The van der Waals surface area contributed by atoms with Crippen LogP contribution in [0, 0.1) is 6.92 Å². The summed E-state index contributed by atoms with van der Waals surface area (Å²) in [7, 11) is 0. The number of hydrogen-bond donors (Lipinski definition) is 1. The third-order valence-electron chi connectivity index (χ3n) is 2.63. The second-order valence-corrected chi connectivity index (χ2v) is 5.20. The first-order valence-corrected chi connectivity index (χ1v) is 7.04. The molecule has 1 amide bonds. The van der Waals surface area contributed by atoms with Crippen molar-refractivity contribution in [2.75, 3.05) is 5.32 Å². The van der Waals surface area contributed by atoms with Crippen molar-refractivity contribution in [3.63, 3.8) is 0 Å². The number of hydrogen-bond acceptors (Lipinski definition) is 4. The number of aryl methyl sites for hydroxylation is 1. The number of halogens is 1. The quantitative estimate of drug-likeness (QED) is 0.905. The van der Waals surface area contributed by atoms with E-state index in [2.05, 4.69) is 26.4 Å². The van der Waals surface area contributed by atoms with Gasteiger partial charge in [-0.25, -0.2) is 0 Å². The Morgan fingerprint density at radius 2 is 2.15 bits per heavy atom. The minimum Gasteiger partial charge on any atom is -0.481 e. The molecule has 5 nitrogen and oxygen atoms in total. The Balaban J connectivity index is 2.00. The summed E-state index contributed by atoms with van der Waals surface area (Å²) in [6.45, 7) is 3.65. The molecule has 1 atom stereocenters. The molecule has 6 heteroatoms. The van der Waals surface area contributed by atoms with Gasteiger partial charge in [0.05, 0.1) is 0 Å². The number of rotatable bonds is 5. The molecule has 2 rings (SSSR count). The molecule has 106 valence electrons. The van der Waals surface area contributed by atoms with Gasteiger partial charge in [-0.2, -0.15) is 0 Å². The number of ether oxygens (including phenoxy) is 1. The molecule has 20 heavy (non-hydrogen) atoms. The molecule has 0 fully saturated rings. The number of amides is 1. The molecule has 0 saturated heterocycles. The van der Waals surface area contributed by atoms with E-state index in [1.807, 2.05) is 19.1 Å². The van der Waals surface area contributed by atoms with Gasteiger partial charge in [0.1, 0.15) is 11.5 Å². The smallest absolute Gasteiger partial charge is 0.266 e. The zero-order valence-electron chi connectivity index (χ0n) is 11.2. The molecule has 0 aliphatic carbocycles. The van der Waals surface area contributed by atoms with Crippen LogP contribution in [-0.2, 0) is 4.79 Å². The first-order chi connectivity index (χ1) is 9.58. The van der Waals surface area contributed by atoms with Gasteiger partial charge in [0.15, 0.2) is 11.9 Å². The summed E-state index contributed by atoms with van der Waals surface area (Å²) < 4.78 is 11.5. The van der Waals surface area contributed by atoms with Gasteiger partial charge in [0.25, 0.3) is 5.91 Å². The number of nitrogens with one attached hydrogen (secondary N) is 1. The van der Waals surface area contributed by atoms with Crippen molar-refractivity contribution in [3.8, 4) is 5.75 Å². The summed E-state index contributed by atoms with van der Waals surface area (Å²) in [5.74, 6) is 1.43. The maximum absolute atomic E-state index is 12.1. The van der Waals surface area contributed by atoms with Gasteiger partial charge in [-0.05, 0) is 37.6 Å². The number of nitrogens with zero attached hydrogens (tertiary/aromatic N) is 1. The molecule has 0 spiro atoms. The Kier molecular flexibility index (Phi) is 4.79. The van der Waals surface area contributed by atoms with Crippen LogP contribution in [0.2, 0.25) is 0 Å². The van der Waals surface area contributed by atoms with E-state index < -0.39 is 6.10 Å². The lowest BCUT2D eigenvalue weighted by atomic mass is 10.2. The Hall–Kier alpha value is -1.82. The van der Waals surface area contributed by atoms with Crippen LogP contribution < -0.4 is 10.1 Å². The minimum absolute atomic E-state index is 0.247. The number of aromatic nitrogens is 1. The van der Waals surface area contributed by atoms with E-state index in [4.69, 9.17) is 9.26 Å². The topological polar surface area (TPSA) is 64.4 Å². The number of benzene rings is 1. The van der Waals surface area contributed by atoms with Crippen molar-refractivity contribution < 1.29 is 14.1 Å². The van der Waals surface area contributed by atoms with Crippen molar-refractivity contribution >= 4 is 27.7 Å². The van der Waals surface area contributed by atoms with E-state index in [1.54, 1.807) is 25.1 Å². The molecule has 0 saturated carbocycles. The largest absolute Gasteiger partial charge is 0.481 e. The average Bonchev–Trinajstić information content (AvgIpc) is 2.83. The second kappa shape index (κ2) is 6.56. The Bertz CT molecular complexity index is 580. The zero-order chi connectivity index (χ0) is 14.5. The van der Waals surface area contributed by atoms with Gasteiger partial charge in [-0.1, -0.05) is 28.0 Å². The molecule has 0 bridgehead atoms. The highest BCUT2D eigenvalue weighted by atomic mass is 79.9. The molecular weight excluding hydrogens is 324 g/mol. The molecule has 1 aromatic carbocycles. The molecule has 1 aromatic heterocycles. The van der Waals surface area contributed by atoms with Crippen molar-refractivity contribution in [1.82, 2.24) is 5.16 Å². The summed E-state index contributed by atoms with van der Waals surface area (Å²) in [6, 6.07) is 8.99. The fourth-order valence-electron chi connectivity index (χ4n) is 1.63. The number of carbonyl (C=O) groups excluding carboxylic acids is 1. The molecular formula is C14H15BrN2O3. The molecule has 0 aliphatic heterocycles. The van der Waals surface area contributed by atoms with E-state index in [9.17, 15) is 4.79 Å². The first-order valence-electron chi connectivity index (χ1n) is 6.25. The maximum atomic E-state index is 12.1. The molecule has 1 N–H and O–H groups in total. The lowest BCUT2D eigenvalue weighted by molar-refractivity contribution is -0.122. The van der Waals surface area contributed by atoms with Crippen molar-refractivity contribution in [1.29, 1.82) is 0 Å². The number of carbonyl (C=O) groups is 1. The summed E-state index contributed by atoms with van der Waals surface area (Å²) >= 11 is 3.35. The average molecular weight is 339 g/mol. The molecule has 0 radical (unpaired) electrons. The van der Waals surface area contributed by atoms with Crippen LogP contribution in [0.1, 0.15) is 19.1 Å². The fourth-order valence-corrected chi connectivity index (χ4v) is 1.90. The predicted octanol–water partition coefficient (Wildman–Crippen LogP) is 3.54. The maximum Gasteiger partial charge on any atom is 0.266 e. The monoisotopic (exact) mass is 338 g/mol. The second-order valence-electron chi connectivity index (χ2n) is 4.28. The normalized spacial score (nSPS) is 11.9. The van der Waals surface area contributed by atoms with Crippen LogP contribution in [-0.4, -0.2) is 17.2 Å². The third kappa shape index (κ3) is 3.84. The van der Waals surface area contributed by atoms with E-state index in [0.29, 0.717) is 23.7 Å². The zero-order valence-corrected chi connectivity index (χ0v) is 12.8. The Morgan fingerprint density at radius 1 is 1.45 bits per heavy atom. The SMILES string of the molecule is CC[C@@H](Oc1ccc(Br)cc1)C(=O)Nc1cc(C)on1. The molecule has 0 unspecified atom stereocenters. The third-order valence-corrected chi connectivity index (χ3v) is 3.16. The van der Waals surface area contributed by atoms with Crippen LogP contribution in [0.3, 0.4) is 0 Å². The Labute approximate surface area is 125 Å².